The molecule has 0 aliphatic rings. The van der Waals surface area contributed by atoms with E-state index in [1.165, 1.54) is 0 Å². The van der Waals surface area contributed by atoms with Gasteiger partial charge in [-0.15, -0.1) is 0 Å². The number of hydrogen-bond acceptors (Lipinski definition) is 9. The lowest BCUT2D eigenvalue weighted by Crippen LogP contribution is -2.45. The fraction of sp³-hybridized carbons (Fsp3) is 0.818. The molecule has 0 radical (unpaired) electrons. The minimum absolute atomic E-state index is 0.0195. The van der Waals surface area contributed by atoms with Gasteiger partial charge in [0, 0.05) is 6.04 Å². The number of carboxylic acids is 2. The molecule has 0 saturated carbocycles. The molecule has 0 heterocycles. The lowest BCUT2D eigenvalue weighted by Gasteiger charge is -2.23. The number of aliphatic carboxylic acids is 2. The zero-order valence-electron chi connectivity index (χ0n) is 12.1. The van der Waals surface area contributed by atoms with Crippen molar-refractivity contribution in [1.29, 1.82) is 0 Å². The highest BCUT2D eigenvalue weighted by molar-refractivity contribution is 5.80. The lowest BCUT2D eigenvalue weighted by atomic mass is 10.2. The molecule has 11 heteroatoms. The average Bonchev–Trinajstić information content (AvgIpc) is 2.43. The number of rotatable bonds is 14. The molecule has 22 heavy (non-hydrogen) atoms. The molecule has 3 unspecified atom stereocenters. The van der Waals surface area contributed by atoms with Crippen molar-refractivity contribution in [3.05, 3.63) is 0 Å². The number of ether oxygens (including phenoxy) is 1. The Morgan fingerprint density at radius 2 is 1.86 bits per heavy atom. The zero-order chi connectivity index (χ0) is 17.0. The van der Waals surface area contributed by atoms with Crippen LogP contribution in [0.25, 0.3) is 0 Å². The Morgan fingerprint density at radius 3 is 2.36 bits per heavy atom. The van der Waals surface area contributed by atoms with E-state index in [4.69, 9.17) is 25.5 Å². The van der Waals surface area contributed by atoms with Crippen LogP contribution in [0.3, 0.4) is 0 Å². The second-order valence-corrected chi connectivity index (χ2v) is 4.43. The maximum atomic E-state index is 10.8. The van der Waals surface area contributed by atoms with E-state index < -0.39 is 30.6 Å². The summed E-state index contributed by atoms with van der Waals surface area (Å²) in [5.74, 6) is -2.53. The van der Waals surface area contributed by atoms with Crippen LogP contribution in [0.5, 0.6) is 0 Å². The van der Waals surface area contributed by atoms with Gasteiger partial charge in [0.25, 0.3) is 0 Å². The number of nitrogens with one attached hydrogen (secondary N) is 2. The van der Waals surface area contributed by atoms with Gasteiger partial charge < -0.3 is 14.9 Å². The van der Waals surface area contributed by atoms with Crippen molar-refractivity contribution in [2.24, 2.45) is 0 Å². The first-order valence-electron chi connectivity index (χ1n) is 6.49. The quantitative estimate of drug-likeness (QED) is 0.134. The summed E-state index contributed by atoms with van der Waals surface area (Å²) >= 11 is 0. The fourth-order valence-electron chi connectivity index (χ4n) is 1.57. The van der Waals surface area contributed by atoms with Crippen LogP contribution in [0, 0.1) is 0 Å². The normalized spacial score (nSPS) is 15.2. The predicted molar refractivity (Wildman–Crippen MR) is 70.9 cm³/mol. The molecule has 3 atom stereocenters. The van der Waals surface area contributed by atoms with Gasteiger partial charge in [0.2, 0.25) is 0 Å². The van der Waals surface area contributed by atoms with Crippen LogP contribution in [0.15, 0.2) is 0 Å². The first kappa shape index (κ1) is 20.7. The summed E-state index contributed by atoms with van der Waals surface area (Å²) in [6.07, 6.45) is -0.796. The van der Waals surface area contributed by atoms with Crippen LogP contribution in [0.4, 0.5) is 0 Å². The SMILES string of the molecule is CC(NC(CCOO)COO)OCNC(CC(=O)O)C(=O)O. The molecule has 0 fully saturated rings. The van der Waals surface area contributed by atoms with Gasteiger partial charge in [0.1, 0.15) is 12.3 Å². The van der Waals surface area contributed by atoms with Gasteiger partial charge in [-0.25, -0.2) is 9.78 Å². The highest BCUT2D eigenvalue weighted by Crippen LogP contribution is 1.98. The summed E-state index contributed by atoms with van der Waals surface area (Å²) in [7, 11) is 0. The van der Waals surface area contributed by atoms with E-state index in [0.717, 1.165) is 0 Å². The highest BCUT2D eigenvalue weighted by atomic mass is 17.1. The minimum atomic E-state index is -1.29. The van der Waals surface area contributed by atoms with Crippen LogP contribution in [0.1, 0.15) is 19.8 Å². The van der Waals surface area contributed by atoms with E-state index in [1.807, 2.05) is 0 Å². The third-order valence-corrected chi connectivity index (χ3v) is 2.64. The smallest absolute Gasteiger partial charge is 0.321 e. The Hall–Kier alpha value is -1.34. The molecule has 0 saturated heterocycles. The maximum absolute atomic E-state index is 10.8. The number of carboxylic acid groups (broad SMARTS) is 2. The molecule has 0 bridgehead atoms. The molecule has 130 valence electrons. The molecular formula is C11H22N2O9. The third kappa shape index (κ3) is 10.4. The van der Waals surface area contributed by atoms with E-state index >= 15 is 0 Å². The molecule has 0 aliphatic heterocycles. The molecular weight excluding hydrogens is 304 g/mol. The predicted octanol–water partition coefficient (Wildman–Crippen LogP) is -0.848. The van der Waals surface area contributed by atoms with Crippen LogP contribution in [-0.2, 0) is 24.1 Å². The van der Waals surface area contributed by atoms with Crippen LogP contribution in [-0.4, -0.2) is 70.9 Å². The van der Waals surface area contributed by atoms with Crippen LogP contribution < -0.4 is 10.6 Å². The summed E-state index contributed by atoms with van der Waals surface area (Å²) in [6, 6.07) is -1.63. The summed E-state index contributed by atoms with van der Waals surface area (Å²) in [6.45, 7) is 1.38. The van der Waals surface area contributed by atoms with Crippen LogP contribution in [0.2, 0.25) is 0 Å². The average molecular weight is 326 g/mol. The monoisotopic (exact) mass is 326 g/mol. The van der Waals surface area contributed by atoms with Gasteiger partial charge in [-0.05, 0) is 13.3 Å². The van der Waals surface area contributed by atoms with Gasteiger partial charge in [-0.1, -0.05) is 0 Å². The van der Waals surface area contributed by atoms with Gasteiger partial charge >= 0.3 is 11.9 Å². The molecule has 0 rings (SSSR count). The topological polar surface area (TPSA) is 167 Å². The largest absolute Gasteiger partial charge is 0.481 e. The standard InChI is InChI=1S/C11H22N2O9/c1-7(13-8(5-22-19)2-3-21-18)20-6-12-9(11(16)17)4-10(14)15/h7-9,12-13,18-19H,2-6H2,1H3,(H,14,15)(H,16,17). The first-order chi connectivity index (χ1) is 10.4. The van der Waals surface area contributed by atoms with Crippen LogP contribution >= 0.6 is 0 Å². The molecule has 0 aromatic carbocycles. The van der Waals surface area contributed by atoms with E-state index in [1.54, 1.807) is 6.92 Å². The highest BCUT2D eigenvalue weighted by Gasteiger charge is 2.20. The van der Waals surface area contributed by atoms with Gasteiger partial charge in [0.05, 0.1) is 26.4 Å². The Bertz CT molecular complexity index is 329. The first-order valence-corrected chi connectivity index (χ1v) is 6.49. The van der Waals surface area contributed by atoms with Gasteiger partial charge in [-0.2, -0.15) is 0 Å². The molecule has 0 spiro atoms. The Kier molecular flexibility index (Phi) is 11.5. The summed E-state index contributed by atoms with van der Waals surface area (Å²) in [5, 5.41) is 39.4. The zero-order valence-corrected chi connectivity index (χ0v) is 12.1. The third-order valence-electron chi connectivity index (χ3n) is 2.64. The van der Waals surface area contributed by atoms with Crippen molar-refractivity contribution in [3.63, 3.8) is 0 Å². The fourth-order valence-corrected chi connectivity index (χ4v) is 1.57. The second-order valence-electron chi connectivity index (χ2n) is 4.43. The number of carbonyl (C=O) groups is 2. The molecule has 6 N–H and O–H groups in total. The Labute approximate surface area is 126 Å². The number of hydrogen-bond donors (Lipinski definition) is 6. The summed E-state index contributed by atoms with van der Waals surface area (Å²) in [5.41, 5.74) is 0. The molecule has 11 nitrogen and oxygen atoms in total. The van der Waals surface area contributed by atoms with Crippen molar-refractivity contribution in [2.75, 3.05) is 19.9 Å². The Balaban J connectivity index is 4.10. The molecule has 0 amide bonds. The molecule has 0 aromatic rings. The van der Waals surface area contributed by atoms with E-state index in [-0.39, 0.29) is 26.0 Å². The van der Waals surface area contributed by atoms with Crippen molar-refractivity contribution < 1.29 is 44.8 Å². The summed E-state index contributed by atoms with van der Waals surface area (Å²) < 4.78 is 5.24. The van der Waals surface area contributed by atoms with E-state index in [0.29, 0.717) is 6.42 Å². The molecule has 0 aliphatic carbocycles. The maximum Gasteiger partial charge on any atom is 0.321 e. The van der Waals surface area contributed by atoms with E-state index in [9.17, 15) is 9.59 Å². The second kappa shape index (κ2) is 12.2. The summed E-state index contributed by atoms with van der Waals surface area (Å²) in [4.78, 5) is 29.2. The van der Waals surface area contributed by atoms with Crippen molar-refractivity contribution in [1.82, 2.24) is 10.6 Å². The van der Waals surface area contributed by atoms with Crippen molar-refractivity contribution >= 4 is 11.9 Å². The minimum Gasteiger partial charge on any atom is -0.481 e. The van der Waals surface area contributed by atoms with Gasteiger partial charge in [-0.3, -0.25) is 30.7 Å². The van der Waals surface area contributed by atoms with E-state index in [2.05, 4.69) is 20.4 Å². The molecule has 0 aromatic heterocycles. The van der Waals surface area contributed by atoms with Crippen molar-refractivity contribution in [2.45, 2.75) is 38.1 Å². The van der Waals surface area contributed by atoms with Crippen molar-refractivity contribution in [3.8, 4) is 0 Å². The van der Waals surface area contributed by atoms with Gasteiger partial charge in [0.15, 0.2) is 0 Å². The lowest BCUT2D eigenvalue weighted by molar-refractivity contribution is -0.258. The Morgan fingerprint density at radius 1 is 1.18 bits per heavy atom.